The first-order chi connectivity index (χ1) is 15.6. The number of alkyl halides is 3. The van der Waals surface area contributed by atoms with Crippen LogP contribution in [0.3, 0.4) is 0 Å². The predicted octanol–water partition coefficient (Wildman–Crippen LogP) is 5.27. The van der Waals surface area contributed by atoms with Crippen LogP contribution in [0.2, 0.25) is 0 Å². The Labute approximate surface area is 187 Å². The standard InChI is InChI=1S/C24H21F5N2O2/c1-33-22-18(25)11-12-19(20(22)26)31(23(32)21(30)16-5-3-2-4-6-16)14-13-15-7-9-17(10-8-15)24(27,28)29/h2-12,21H,13-14,30H2,1H3. The fraction of sp³-hybridized carbons (Fsp3) is 0.208. The van der Waals surface area contributed by atoms with Crippen molar-refractivity contribution in [2.24, 2.45) is 5.73 Å². The average Bonchev–Trinajstić information content (AvgIpc) is 2.80. The quantitative estimate of drug-likeness (QED) is 0.485. The number of nitrogens with zero attached hydrogens (tertiary/aromatic N) is 1. The van der Waals surface area contributed by atoms with Gasteiger partial charge in [-0.15, -0.1) is 0 Å². The van der Waals surface area contributed by atoms with E-state index in [2.05, 4.69) is 0 Å². The van der Waals surface area contributed by atoms with Crippen LogP contribution >= 0.6 is 0 Å². The van der Waals surface area contributed by atoms with Gasteiger partial charge in [-0.2, -0.15) is 13.2 Å². The number of nitrogens with two attached hydrogens (primary N) is 1. The summed E-state index contributed by atoms with van der Waals surface area (Å²) in [4.78, 5) is 14.3. The maximum atomic E-state index is 15.0. The molecule has 0 radical (unpaired) electrons. The van der Waals surface area contributed by atoms with Crippen LogP contribution in [-0.2, 0) is 17.4 Å². The number of benzene rings is 3. The molecule has 0 fully saturated rings. The molecule has 3 rings (SSSR count). The van der Waals surface area contributed by atoms with Gasteiger partial charge in [0.25, 0.3) is 0 Å². The second-order valence-corrected chi connectivity index (χ2v) is 7.24. The van der Waals surface area contributed by atoms with Crippen molar-refractivity contribution in [2.75, 3.05) is 18.6 Å². The second-order valence-electron chi connectivity index (χ2n) is 7.24. The lowest BCUT2D eigenvalue weighted by atomic mass is 10.0. The zero-order valence-electron chi connectivity index (χ0n) is 17.6. The molecule has 0 bridgehead atoms. The smallest absolute Gasteiger partial charge is 0.416 e. The number of hydrogen-bond acceptors (Lipinski definition) is 3. The number of hydrogen-bond donors (Lipinski definition) is 1. The van der Waals surface area contributed by atoms with E-state index in [9.17, 15) is 26.7 Å². The molecule has 174 valence electrons. The van der Waals surface area contributed by atoms with Crippen LogP contribution in [0.15, 0.2) is 66.7 Å². The SMILES string of the molecule is COc1c(F)ccc(N(CCc2ccc(C(F)(F)F)cc2)C(=O)C(N)c2ccccc2)c1F. The lowest BCUT2D eigenvalue weighted by Gasteiger charge is -2.27. The summed E-state index contributed by atoms with van der Waals surface area (Å²) in [6.45, 7) is -0.115. The molecule has 1 atom stereocenters. The zero-order valence-corrected chi connectivity index (χ0v) is 17.6. The molecule has 4 nitrogen and oxygen atoms in total. The number of carbonyl (C=O) groups is 1. The van der Waals surface area contributed by atoms with E-state index < -0.39 is 41.1 Å². The number of halogens is 5. The largest absolute Gasteiger partial charge is 0.491 e. The van der Waals surface area contributed by atoms with Crippen LogP contribution in [0, 0.1) is 11.6 Å². The van der Waals surface area contributed by atoms with Gasteiger partial charge in [0.15, 0.2) is 17.4 Å². The van der Waals surface area contributed by atoms with Gasteiger partial charge in [0.1, 0.15) is 6.04 Å². The minimum atomic E-state index is -4.48. The van der Waals surface area contributed by atoms with Crippen molar-refractivity contribution in [1.82, 2.24) is 0 Å². The van der Waals surface area contributed by atoms with Gasteiger partial charge in [0.2, 0.25) is 5.91 Å². The first-order valence-electron chi connectivity index (χ1n) is 9.93. The van der Waals surface area contributed by atoms with Crippen LogP contribution in [0.5, 0.6) is 5.75 Å². The maximum absolute atomic E-state index is 15.0. The molecule has 0 heterocycles. The van der Waals surface area contributed by atoms with Crippen molar-refractivity contribution < 1.29 is 31.5 Å². The van der Waals surface area contributed by atoms with Gasteiger partial charge in [-0.1, -0.05) is 42.5 Å². The molecule has 1 amide bonds. The summed E-state index contributed by atoms with van der Waals surface area (Å²) in [7, 11) is 1.09. The van der Waals surface area contributed by atoms with Gasteiger partial charge in [0, 0.05) is 6.54 Å². The predicted molar refractivity (Wildman–Crippen MR) is 114 cm³/mol. The number of rotatable bonds is 7. The zero-order chi connectivity index (χ0) is 24.2. The van der Waals surface area contributed by atoms with E-state index in [1.54, 1.807) is 30.3 Å². The average molecular weight is 464 g/mol. The van der Waals surface area contributed by atoms with Crippen LogP contribution < -0.4 is 15.4 Å². The highest BCUT2D eigenvalue weighted by atomic mass is 19.4. The van der Waals surface area contributed by atoms with Gasteiger partial charge < -0.3 is 15.4 Å². The molecule has 0 saturated carbocycles. The molecule has 9 heteroatoms. The monoisotopic (exact) mass is 464 g/mol. The molecule has 0 aliphatic carbocycles. The number of carbonyl (C=O) groups excluding carboxylic acids is 1. The summed E-state index contributed by atoms with van der Waals surface area (Å²) in [5.74, 6) is -3.35. The number of anilines is 1. The minimum Gasteiger partial charge on any atom is -0.491 e. The lowest BCUT2D eigenvalue weighted by Crippen LogP contribution is -2.40. The number of amides is 1. The fourth-order valence-corrected chi connectivity index (χ4v) is 3.34. The Hall–Kier alpha value is -3.46. The minimum absolute atomic E-state index is 0.102. The van der Waals surface area contributed by atoms with E-state index in [0.29, 0.717) is 11.1 Å². The second kappa shape index (κ2) is 9.99. The lowest BCUT2D eigenvalue weighted by molar-refractivity contribution is -0.137. The molecule has 3 aromatic carbocycles. The van der Waals surface area contributed by atoms with Gasteiger partial charge in [-0.3, -0.25) is 4.79 Å². The summed E-state index contributed by atoms with van der Waals surface area (Å²) >= 11 is 0. The third kappa shape index (κ3) is 5.48. The van der Waals surface area contributed by atoms with E-state index in [1.807, 2.05) is 0 Å². The van der Waals surface area contributed by atoms with Crippen molar-refractivity contribution in [3.63, 3.8) is 0 Å². The highest BCUT2D eigenvalue weighted by Crippen LogP contribution is 2.32. The molecule has 0 aromatic heterocycles. The van der Waals surface area contributed by atoms with Crippen LogP contribution in [0.1, 0.15) is 22.7 Å². The third-order valence-corrected chi connectivity index (χ3v) is 5.12. The summed E-state index contributed by atoms with van der Waals surface area (Å²) in [5, 5.41) is 0. The van der Waals surface area contributed by atoms with Crippen molar-refractivity contribution in [2.45, 2.75) is 18.6 Å². The highest BCUT2D eigenvalue weighted by Gasteiger charge is 2.30. The van der Waals surface area contributed by atoms with Crippen LogP contribution in [0.25, 0.3) is 0 Å². The van der Waals surface area contributed by atoms with Crippen LogP contribution in [0.4, 0.5) is 27.6 Å². The molecule has 33 heavy (non-hydrogen) atoms. The maximum Gasteiger partial charge on any atom is 0.416 e. The third-order valence-electron chi connectivity index (χ3n) is 5.12. The van der Waals surface area contributed by atoms with Gasteiger partial charge >= 0.3 is 6.18 Å². The van der Waals surface area contributed by atoms with E-state index in [-0.39, 0.29) is 18.7 Å². The first kappa shape index (κ1) is 24.2. The van der Waals surface area contributed by atoms with Crippen molar-refractivity contribution in [3.8, 4) is 5.75 Å². The topological polar surface area (TPSA) is 55.6 Å². The Morgan fingerprint density at radius 1 is 1.00 bits per heavy atom. The Morgan fingerprint density at radius 2 is 1.64 bits per heavy atom. The van der Waals surface area contributed by atoms with Crippen molar-refractivity contribution in [1.29, 1.82) is 0 Å². The molecule has 1 unspecified atom stereocenters. The van der Waals surface area contributed by atoms with Crippen molar-refractivity contribution in [3.05, 3.63) is 95.1 Å². The van der Waals surface area contributed by atoms with E-state index in [1.165, 1.54) is 12.1 Å². The summed E-state index contributed by atoms with van der Waals surface area (Å²) in [6.07, 6.45) is -4.37. The summed E-state index contributed by atoms with van der Waals surface area (Å²) in [5.41, 5.74) is 6.03. The van der Waals surface area contributed by atoms with Crippen LogP contribution in [-0.4, -0.2) is 19.6 Å². The Balaban J connectivity index is 1.93. The normalized spacial score (nSPS) is 12.3. The van der Waals surface area contributed by atoms with E-state index in [4.69, 9.17) is 10.5 Å². The first-order valence-corrected chi connectivity index (χ1v) is 9.93. The Kier molecular flexibility index (Phi) is 7.33. The molecule has 2 N–H and O–H groups in total. The molecule has 3 aromatic rings. The molecular weight excluding hydrogens is 443 g/mol. The molecule has 0 aliphatic rings. The Bertz CT molecular complexity index is 1100. The van der Waals surface area contributed by atoms with E-state index >= 15 is 0 Å². The fourth-order valence-electron chi connectivity index (χ4n) is 3.34. The van der Waals surface area contributed by atoms with Gasteiger partial charge in [-0.05, 0) is 41.8 Å². The highest BCUT2D eigenvalue weighted by molar-refractivity contribution is 5.98. The Morgan fingerprint density at radius 3 is 2.21 bits per heavy atom. The number of methoxy groups -OCH3 is 1. The van der Waals surface area contributed by atoms with Gasteiger partial charge in [-0.25, -0.2) is 8.78 Å². The molecule has 0 saturated heterocycles. The number of ether oxygens (including phenoxy) is 1. The van der Waals surface area contributed by atoms with Crippen molar-refractivity contribution >= 4 is 11.6 Å². The summed E-state index contributed by atoms with van der Waals surface area (Å²) < 4.78 is 72.1. The summed E-state index contributed by atoms with van der Waals surface area (Å²) in [6, 6.07) is 13.7. The molecular formula is C24H21F5N2O2. The molecule has 0 aliphatic heterocycles. The molecule has 0 spiro atoms. The van der Waals surface area contributed by atoms with Gasteiger partial charge in [0.05, 0.1) is 18.4 Å². The van der Waals surface area contributed by atoms with E-state index in [0.717, 1.165) is 36.3 Å².